The molecule has 9 heteroatoms. The highest BCUT2D eigenvalue weighted by Gasteiger charge is 2.09. The predicted molar refractivity (Wildman–Crippen MR) is 96.9 cm³/mol. The molecule has 2 heterocycles. The van der Waals surface area contributed by atoms with Crippen LogP contribution in [-0.2, 0) is 6.54 Å². The van der Waals surface area contributed by atoms with Gasteiger partial charge in [0.2, 0.25) is 0 Å². The molecular formula is C16H16N6O2S. The highest BCUT2D eigenvalue weighted by molar-refractivity contribution is 7.13. The van der Waals surface area contributed by atoms with Crippen molar-refractivity contribution >= 4 is 28.0 Å². The maximum Gasteiger partial charge on any atom is 0.270 e. The molecule has 0 amide bonds. The van der Waals surface area contributed by atoms with Crippen LogP contribution in [0.25, 0.3) is 11.3 Å². The second-order valence-electron chi connectivity index (χ2n) is 5.62. The summed E-state index contributed by atoms with van der Waals surface area (Å²) in [6.07, 6.45) is 0. The third-order valence-corrected chi connectivity index (χ3v) is 4.09. The van der Waals surface area contributed by atoms with Crippen molar-refractivity contribution in [2.75, 3.05) is 19.4 Å². The molecule has 0 bridgehead atoms. The van der Waals surface area contributed by atoms with E-state index in [2.05, 4.69) is 20.5 Å². The number of aromatic nitrogens is 3. The van der Waals surface area contributed by atoms with Crippen molar-refractivity contribution in [2.45, 2.75) is 6.54 Å². The third-order valence-electron chi connectivity index (χ3n) is 3.28. The van der Waals surface area contributed by atoms with Gasteiger partial charge in [-0.2, -0.15) is 0 Å². The summed E-state index contributed by atoms with van der Waals surface area (Å²) in [6, 6.07) is 9.85. The molecule has 0 spiro atoms. The second kappa shape index (κ2) is 7.32. The lowest BCUT2D eigenvalue weighted by Gasteiger charge is -2.05. The summed E-state index contributed by atoms with van der Waals surface area (Å²) in [4.78, 5) is 17.0. The number of nitrogens with one attached hydrogen (secondary N) is 1. The van der Waals surface area contributed by atoms with Gasteiger partial charge in [0.25, 0.3) is 5.69 Å². The first-order valence-corrected chi connectivity index (χ1v) is 8.34. The van der Waals surface area contributed by atoms with Crippen molar-refractivity contribution < 1.29 is 4.92 Å². The van der Waals surface area contributed by atoms with E-state index in [0.717, 1.165) is 17.4 Å². The number of nitrogens with zero attached hydrogens (tertiary/aromatic N) is 5. The van der Waals surface area contributed by atoms with Crippen LogP contribution in [0.1, 0.15) is 5.69 Å². The zero-order valence-corrected chi connectivity index (χ0v) is 14.5. The molecule has 0 aliphatic carbocycles. The highest BCUT2D eigenvalue weighted by Crippen LogP contribution is 2.24. The van der Waals surface area contributed by atoms with Crippen molar-refractivity contribution in [2.24, 2.45) is 0 Å². The average molecular weight is 356 g/mol. The molecule has 0 radical (unpaired) electrons. The van der Waals surface area contributed by atoms with Crippen molar-refractivity contribution in [1.82, 2.24) is 20.1 Å². The normalized spacial score (nSPS) is 10.8. The van der Waals surface area contributed by atoms with E-state index in [-0.39, 0.29) is 5.69 Å². The molecule has 0 saturated carbocycles. The summed E-state index contributed by atoms with van der Waals surface area (Å²) in [5.74, 6) is 0.569. The highest BCUT2D eigenvalue weighted by atomic mass is 32.1. The molecule has 2 aromatic heterocycles. The molecule has 0 atom stereocenters. The van der Waals surface area contributed by atoms with E-state index in [0.29, 0.717) is 17.1 Å². The number of benzene rings is 1. The summed E-state index contributed by atoms with van der Waals surface area (Å²) < 4.78 is 0. The maximum atomic E-state index is 10.9. The number of nitro groups is 1. The Bertz CT molecular complexity index is 878. The summed E-state index contributed by atoms with van der Waals surface area (Å²) in [7, 11) is 3.98. The molecule has 0 saturated heterocycles. The number of nitro benzene ring substituents is 1. The van der Waals surface area contributed by atoms with E-state index < -0.39 is 4.92 Å². The molecule has 128 valence electrons. The van der Waals surface area contributed by atoms with Crippen molar-refractivity contribution in [1.29, 1.82) is 0 Å². The van der Waals surface area contributed by atoms with Gasteiger partial charge in [0.15, 0.2) is 10.9 Å². The summed E-state index contributed by atoms with van der Waals surface area (Å²) >= 11 is 1.50. The van der Waals surface area contributed by atoms with Crippen LogP contribution < -0.4 is 5.32 Å². The lowest BCUT2D eigenvalue weighted by Crippen LogP contribution is -2.10. The van der Waals surface area contributed by atoms with Crippen LogP contribution in [0.15, 0.2) is 41.8 Å². The van der Waals surface area contributed by atoms with E-state index in [9.17, 15) is 10.1 Å². The number of hydrogen-bond donors (Lipinski definition) is 1. The summed E-state index contributed by atoms with van der Waals surface area (Å²) in [5, 5.41) is 25.0. The van der Waals surface area contributed by atoms with Crippen LogP contribution in [-0.4, -0.2) is 39.1 Å². The van der Waals surface area contributed by atoms with Crippen LogP contribution in [0, 0.1) is 10.1 Å². The first-order chi connectivity index (χ1) is 12.0. The van der Waals surface area contributed by atoms with Gasteiger partial charge in [0.1, 0.15) is 0 Å². The van der Waals surface area contributed by atoms with E-state index in [4.69, 9.17) is 0 Å². The minimum atomic E-state index is -0.430. The first-order valence-electron chi connectivity index (χ1n) is 7.46. The van der Waals surface area contributed by atoms with Gasteiger partial charge in [0.05, 0.1) is 16.3 Å². The van der Waals surface area contributed by atoms with Crippen molar-refractivity contribution in [3.63, 3.8) is 0 Å². The van der Waals surface area contributed by atoms with E-state index in [1.165, 1.54) is 23.5 Å². The van der Waals surface area contributed by atoms with Gasteiger partial charge in [-0.3, -0.25) is 10.1 Å². The summed E-state index contributed by atoms with van der Waals surface area (Å²) in [6.45, 7) is 0.773. The molecule has 3 aromatic rings. The zero-order valence-electron chi connectivity index (χ0n) is 13.7. The smallest absolute Gasteiger partial charge is 0.270 e. The molecule has 0 aliphatic rings. The Morgan fingerprint density at radius 1 is 1.24 bits per heavy atom. The summed E-state index contributed by atoms with van der Waals surface area (Å²) in [5.41, 5.74) is 2.23. The number of hydrogen-bond acceptors (Lipinski definition) is 8. The van der Waals surface area contributed by atoms with Gasteiger partial charge in [0, 0.05) is 29.6 Å². The van der Waals surface area contributed by atoms with Gasteiger partial charge in [-0.05, 0) is 26.2 Å². The van der Waals surface area contributed by atoms with Gasteiger partial charge in [-0.1, -0.05) is 12.1 Å². The van der Waals surface area contributed by atoms with Crippen LogP contribution in [0.4, 0.5) is 16.6 Å². The number of rotatable bonds is 6. The van der Waals surface area contributed by atoms with Crippen LogP contribution in [0.3, 0.4) is 0 Å². The first kappa shape index (κ1) is 16.9. The molecule has 25 heavy (non-hydrogen) atoms. The Balaban J connectivity index is 1.73. The van der Waals surface area contributed by atoms with Gasteiger partial charge < -0.3 is 10.2 Å². The molecule has 3 rings (SSSR count). The monoisotopic (exact) mass is 356 g/mol. The quantitative estimate of drug-likeness (QED) is 0.534. The van der Waals surface area contributed by atoms with E-state index >= 15 is 0 Å². The van der Waals surface area contributed by atoms with E-state index in [1.807, 2.05) is 24.4 Å². The van der Waals surface area contributed by atoms with Gasteiger partial charge in [-0.25, -0.2) is 4.98 Å². The van der Waals surface area contributed by atoms with Crippen LogP contribution >= 0.6 is 11.3 Å². The lowest BCUT2D eigenvalue weighted by molar-refractivity contribution is -0.384. The standard InChI is InChI=1S/C16H16N6O2S/c1-21(2)9-12-10-25-16(17-12)18-15-7-6-14(19-20-15)11-4-3-5-13(8-11)22(23)24/h3-8,10H,9H2,1-2H3,(H,17,18,20). The molecular weight excluding hydrogens is 340 g/mol. The van der Waals surface area contributed by atoms with E-state index in [1.54, 1.807) is 24.3 Å². The Labute approximate surface area is 148 Å². The average Bonchev–Trinajstić information content (AvgIpc) is 3.02. The topological polar surface area (TPSA) is 97.1 Å². The molecule has 0 fully saturated rings. The van der Waals surface area contributed by atoms with Crippen molar-refractivity contribution in [3.8, 4) is 11.3 Å². The Morgan fingerprint density at radius 2 is 2.08 bits per heavy atom. The van der Waals surface area contributed by atoms with Gasteiger partial charge in [-0.15, -0.1) is 21.5 Å². The fourth-order valence-corrected chi connectivity index (χ4v) is 2.91. The second-order valence-corrected chi connectivity index (χ2v) is 6.48. The minimum Gasteiger partial charge on any atom is -0.315 e. The Kier molecular flexibility index (Phi) is 4.96. The molecule has 0 unspecified atom stereocenters. The molecule has 1 aromatic carbocycles. The van der Waals surface area contributed by atoms with Crippen LogP contribution in [0.2, 0.25) is 0 Å². The maximum absolute atomic E-state index is 10.9. The zero-order chi connectivity index (χ0) is 17.8. The number of thiazole rings is 1. The Hall–Kier alpha value is -2.91. The van der Waals surface area contributed by atoms with Crippen molar-refractivity contribution in [3.05, 3.63) is 57.6 Å². The fraction of sp³-hybridized carbons (Fsp3) is 0.188. The minimum absolute atomic E-state index is 0.0257. The number of non-ortho nitro benzene ring substituents is 1. The molecule has 0 aliphatic heterocycles. The lowest BCUT2D eigenvalue weighted by atomic mass is 10.1. The number of anilines is 2. The third kappa shape index (κ3) is 4.34. The fourth-order valence-electron chi connectivity index (χ4n) is 2.20. The SMILES string of the molecule is CN(C)Cc1csc(Nc2ccc(-c3cccc([N+](=O)[O-])c3)nn2)n1. The Morgan fingerprint density at radius 3 is 2.76 bits per heavy atom. The molecule has 8 nitrogen and oxygen atoms in total. The molecule has 1 N–H and O–H groups in total. The predicted octanol–water partition coefficient (Wildman–Crippen LogP) is 3.31. The van der Waals surface area contributed by atoms with Crippen LogP contribution in [0.5, 0.6) is 0 Å². The van der Waals surface area contributed by atoms with Gasteiger partial charge >= 0.3 is 0 Å². The largest absolute Gasteiger partial charge is 0.315 e.